The summed E-state index contributed by atoms with van der Waals surface area (Å²) in [4.78, 5) is 6.90. The Morgan fingerprint density at radius 3 is 2.71 bits per heavy atom. The smallest absolute Gasteiger partial charge is 0.189 e. The Hall–Kier alpha value is -1.39. The Balaban J connectivity index is 2.06. The summed E-state index contributed by atoms with van der Waals surface area (Å²) in [5.41, 5.74) is 4.92. The lowest BCUT2D eigenvalue weighted by molar-refractivity contribution is 0.549. The topological polar surface area (TPSA) is 28.2 Å². The number of rotatable bonds is 6. The Morgan fingerprint density at radius 1 is 1.29 bits per heavy atom. The van der Waals surface area contributed by atoms with Gasteiger partial charge in [-0.05, 0) is 37.9 Å². The van der Waals surface area contributed by atoms with Crippen molar-refractivity contribution in [1.82, 2.24) is 10.3 Å². The quantitative estimate of drug-likeness (QED) is 0.863. The lowest BCUT2D eigenvalue weighted by Crippen LogP contribution is -2.19. The number of benzene rings is 1. The first-order valence-corrected chi connectivity index (χ1v) is 8.31. The van der Waals surface area contributed by atoms with Crippen LogP contribution in [0.25, 0.3) is 0 Å². The fourth-order valence-electron chi connectivity index (χ4n) is 2.31. The largest absolute Gasteiger partial charge is 0.321 e. The van der Waals surface area contributed by atoms with E-state index >= 15 is 0 Å². The summed E-state index contributed by atoms with van der Waals surface area (Å²) in [7, 11) is 2.09. The average molecular weight is 303 g/mol. The Bertz CT molecular complexity index is 589. The first-order valence-electron chi connectivity index (χ1n) is 7.43. The Labute approximate surface area is 132 Å². The second-order valence-corrected chi connectivity index (χ2v) is 6.83. The van der Waals surface area contributed by atoms with Crippen LogP contribution in [-0.2, 0) is 6.54 Å². The van der Waals surface area contributed by atoms with E-state index in [9.17, 15) is 0 Å². The molecule has 0 bridgehead atoms. The lowest BCUT2D eigenvalue weighted by Gasteiger charge is -2.18. The van der Waals surface area contributed by atoms with Crippen molar-refractivity contribution >= 4 is 22.2 Å². The van der Waals surface area contributed by atoms with Crippen LogP contribution in [0.2, 0.25) is 0 Å². The molecule has 0 aliphatic heterocycles. The number of hydrogen-bond acceptors (Lipinski definition) is 4. The zero-order valence-corrected chi connectivity index (χ0v) is 14.4. The monoisotopic (exact) mass is 303 g/mol. The maximum Gasteiger partial charge on any atom is 0.189 e. The van der Waals surface area contributed by atoms with Gasteiger partial charge in [0.25, 0.3) is 0 Å². The zero-order valence-electron chi connectivity index (χ0n) is 13.6. The molecule has 0 aliphatic rings. The minimum atomic E-state index is 0.668. The van der Waals surface area contributed by atoms with Crippen LogP contribution in [0.1, 0.15) is 30.7 Å². The number of aryl methyl sites for hydroxylation is 2. The SMILES string of the molecule is Cc1ccc(N(C)c2nc(CNCC(C)C)cs2)c(C)c1. The van der Waals surface area contributed by atoms with Crippen LogP contribution in [0.3, 0.4) is 0 Å². The number of nitrogens with one attached hydrogen (secondary N) is 1. The third-order valence-corrected chi connectivity index (χ3v) is 4.36. The van der Waals surface area contributed by atoms with Gasteiger partial charge in [-0.25, -0.2) is 4.98 Å². The summed E-state index contributed by atoms with van der Waals surface area (Å²) in [6.45, 7) is 10.6. The first-order chi connectivity index (χ1) is 9.97. The molecule has 21 heavy (non-hydrogen) atoms. The molecular formula is C17H25N3S. The van der Waals surface area contributed by atoms with Gasteiger partial charge in [-0.15, -0.1) is 11.3 Å². The molecule has 1 aromatic heterocycles. The van der Waals surface area contributed by atoms with Gasteiger partial charge in [0.05, 0.1) is 5.69 Å². The molecule has 0 aliphatic carbocycles. The maximum atomic E-state index is 4.73. The van der Waals surface area contributed by atoms with Gasteiger partial charge in [0.15, 0.2) is 5.13 Å². The van der Waals surface area contributed by atoms with Gasteiger partial charge in [0.1, 0.15) is 0 Å². The highest BCUT2D eigenvalue weighted by Gasteiger charge is 2.11. The molecule has 0 atom stereocenters. The van der Waals surface area contributed by atoms with E-state index in [2.05, 4.69) is 68.5 Å². The van der Waals surface area contributed by atoms with Crippen molar-refractivity contribution in [3.63, 3.8) is 0 Å². The Morgan fingerprint density at radius 2 is 2.05 bits per heavy atom. The molecule has 0 spiro atoms. The highest BCUT2D eigenvalue weighted by Crippen LogP contribution is 2.29. The van der Waals surface area contributed by atoms with Crippen LogP contribution in [0.15, 0.2) is 23.6 Å². The minimum Gasteiger partial charge on any atom is -0.321 e. The number of aromatic nitrogens is 1. The van der Waals surface area contributed by atoms with E-state index in [0.29, 0.717) is 5.92 Å². The number of thiazole rings is 1. The fraction of sp³-hybridized carbons (Fsp3) is 0.471. The normalized spacial score (nSPS) is 11.1. The van der Waals surface area contributed by atoms with Crippen molar-refractivity contribution in [2.45, 2.75) is 34.2 Å². The van der Waals surface area contributed by atoms with E-state index in [4.69, 9.17) is 4.98 Å². The van der Waals surface area contributed by atoms with Gasteiger partial charge in [0, 0.05) is 24.7 Å². The second-order valence-electron chi connectivity index (χ2n) is 6.00. The van der Waals surface area contributed by atoms with Crippen molar-refractivity contribution in [2.24, 2.45) is 5.92 Å². The standard InChI is InChI=1S/C17H25N3S/c1-12(2)9-18-10-15-11-21-17(19-15)20(5)16-7-6-13(3)8-14(16)4/h6-8,11-12,18H,9-10H2,1-5H3. The molecule has 4 heteroatoms. The molecule has 114 valence electrons. The van der Waals surface area contributed by atoms with E-state index in [0.717, 1.165) is 23.9 Å². The average Bonchev–Trinajstić information content (AvgIpc) is 2.86. The van der Waals surface area contributed by atoms with Crippen molar-refractivity contribution < 1.29 is 0 Å². The molecule has 1 heterocycles. The third-order valence-electron chi connectivity index (χ3n) is 3.40. The number of nitrogens with zero attached hydrogens (tertiary/aromatic N) is 2. The molecule has 2 aromatic rings. The predicted molar refractivity (Wildman–Crippen MR) is 92.6 cm³/mol. The second kappa shape index (κ2) is 7.05. The van der Waals surface area contributed by atoms with Crippen molar-refractivity contribution in [3.8, 4) is 0 Å². The van der Waals surface area contributed by atoms with Crippen LogP contribution >= 0.6 is 11.3 Å². The molecule has 0 saturated carbocycles. The summed E-state index contributed by atoms with van der Waals surface area (Å²) in [5.74, 6) is 0.668. The number of hydrogen-bond donors (Lipinski definition) is 1. The fourth-order valence-corrected chi connectivity index (χ4v) is 3.11. The van der Waals surface area contributed by atoms with Crippen LogP contribution in [0, 0.1) is 19.8 Å². The van der Waals surface area contributed by atoms with E-state index in [1.54, 1.807) is 11.3 Å². The van der Waals surface area contributed by atoms with Gasteiger partial charge in [0.2, 0.25) is 0 Å². The van der Waals surface area contributed by atoms with Gasteiger partial charge in [-0.1, -0.05) is 31.5 Å². The zero-order chi connectivity index (χ0) is 15.4. The van der Waals surface area contributed by atoms with Gasteiger partial charge in [-0.2, -0.15) is 0 Å². The highest BCUT2D eigenvalue weighted by molar-refractivity contribution is 7.13. The van der Waals surface area contributed by atoms with Gasteiger partial charge >= 0.3 is 0 Å². The molecule has 3 nitrogen and oxygen atoms in total. The maximum absolute atomic E-state index is 4.73. The minimum absolute atomic E-state index is 0.668. The molecule has 0 radical (unpaired) electrons. The van der Waals surface area contributed by atoms with Crippen LogP contribution in [-0.4, -0.2) is 18.6 Å². The summed E-state index contributed by atoms with van der Waals surface area (Å²) in [6, 6.07) is 6.53. The lowest BCUT2D eigenvalue weighted by atomic mass is 10.1. The van der Waals surface area contributed by atoms with Gasteiger partial charge < -0.3 is 10.2 Å². The van der Waals surface area contributed by atoms with Crippen LogP contribution < -0.4 is 10.2 Å². The van der Waals surface area contributed by atoms with E-state index < -0.39 is 0 Å². The predicted octanol–water partition coefficient (Wildman–Crippen LogP) is 4.27. The summed E-state index contributed by atoms with van der Waals surface area (Å²) < 4.78 is 0. The van der Waals surface area contributed by atoms with E-state index in [1.807, 2.05) is 0 Å². The van der Waals surface area contributed by atoms with Gasteiger partial charge in [-0.3, -0.25) is 0 Å². The third kappa shape index (κ3) is 4.29. The molecule has 0 amide bonds. The number of anilines is 2. The van der Waals surface area contributed by atoms with E-state index in [1.165, 1.54) is 16.8 Å². The summed E-state index contributed by atoms with van der Waals surface area (Å²) in [5, 5.41) is 6.62. The van der Waals surface area contributed by atoms with E-state index in [-0.39, 0.29) is 0 Å². The molecule has 2 rings (SSSR count). The first kappa shape index (κ1) is 16.0. The molecule has 0 fully saturated rings. The summed E-state index contributed by atoms with van der Waals surface area (Å²) >= 11 is 1.70. The highest BCUT2D eigenvalue weighted by atomic mass is 32.1. The Kier molecular flexibility index (Phi) is 5.37. The molecule has 0 saturated heterocycles. The molecule has 1 N–H and O–H groups in total. The van der Waals surface area contributed by atoms with Crippen molar-refractivity contribution in [2.75, 3.05) is 18.5 Å². The van der Waals surface area contributed by atoms with Crippen LogP contribution in [0.5, 0.6) is 0 Å². The van der Waals surface area contributed by atoms with Crippen LogP contribution in [0.4, 0.5) is 10.8 Å². The van der Waals surface area contributed by atoms with Crippen molar-refractivity contribution in [1.29, 1.82) is 0 Å². The molecule has 0 unspecified atom stereocenters. The van der Waals surface area contributed by atoms with Crippen molar-refractivity contribution in [3.05, 3.63) is 40.4 Å². The molecule has 1 aromatic carbocycles. The molecular weight excluding hydrogens is 278 g/mol. The summed E-state index contributed by atoms with van der Waals surface area (Å²) in [6.07, 6.45) is 0.